The van der Waals surface area contributed by atoms with Gasteiger partial charge in [-0.05, 0) is 49.3 Å². The molecule has 0 aliphatic heterocycles. The lowest BCUT2D eigenvalue weighted by Crippen LogP contribution is -2.21. The molecule has 0 aliphatic rings. The Morgan fingerprint density at radius 1 is 1.08 bits per heavy atom. The van der Waals surface area contributed by atoms with Crippen LogP contribution >= 0.6 is 0 Å². The van der Waals surface area contributed by atoms with Gasteiger partial charge in [-0.25, -0.2) is 4.98 Å². The largest absolute Gasteiger partial charge is 0.369 e. The van der Waals surface area contributed by atoms with E-state index in [9.17, 15) is 4.79 Å². The number of pyridine rings is 1. The molecule has 5 heteroatoms. The van der Waals surface area contributed by atoms with Crippen molar-refractivity contribution in [3.63, 3.8) is 0 Å². The Hall–Kier alpha value is -2.40. The van der Waals surface area contributed by atoms with E-state index < -0.39 is 0 Å². The Kier molecular flexibility index (Phi) is 6.15. The Bertz CT molecular complexity index is 685. The minimum atomic E-state index is -0.157. The third-order valence-electron chi connectivity index (χ3n) is 3.90. The first-order valence-corrected chi connectivity index (χ1v) is 8.52. The topological polar surface area (TPSA) is 57.3 Å². The minimum Gasteiger partial charge on any atom is -0.369 e. The fraction of sp³-hybridized carbons (Fsp3) is 0.400. The van der Waals surface area contributed by atoms with Crippen molar-refractivity contribution in [2.24, 2.45) is 0 Å². The molecule has 2 N–H and O–H groups in total. The third-order valence-corrected chi connectivity index (χ3v) is 3.90. The van der Waals surface area contributed by atoms with Gasteiger partial charge in [0.1, 0.15) is 5.82 Å². The summed E-state index contributed by atoms with van der Waals surface area (Å²) in [5.41, 5.74) is 2.66. The van der Waals surface area contributed by atoms with Crippen LogP contribution in [0.3, 0.4) is 0 Å². The van der Waals surface area contributed by atoms with E-state index >= 15 is 0 Å². The average molecular weight is 340 g/mol. The first-order valence-electron chi connectivity index (χ1n) is 8.52. The van der Waals surface area contributed by atoms with E-state index in [1.54, 1.807) is 12.3 Å². The van der Waals surface area contributed by atoms with Crippen molar-refractivity contribution in [3.8, 4) is 0 Å². The highest BCUT2D eigenvalue weighted by molar-refractivity contribution is 6.04. The van der Waals surface area contributed by atoms with Crippen LogP contribution in [0.25, 0.3) is 0 Å². The summed E-state index contributed by atoms with van der Waals surface area (Å²) in [6.07, 6.45) is 1.59. The standard InChI is InChI=1S/C20H28N4O/c1-20(2,3)16-7-9-17(10-8-16)23-19(25)15-6-11-18(22-14-15)21-12-13-24(4)5/h6-11,14H,12-13H2,1-5H3,(H,21,22)(H,23,25). The summed E-state index contributed by atoms with van der Waals surface area (Å²) < 4.78 is 0. The van der Waals surface area contributed by atoms with Gasteiger partial charge in [0.05, 0.1) is 5.56 Å². The zero-order chi connectivity index (χ0) is 18.4. The second-order valence-electron chi connectivity index (χ2n) is 7.44. The number of likely N-dealkylation sites (N-methyl/N-ethyl adjacent to an activating group) is 1. The second kappa shape index (κ2) is 8.12. The van der Waals surface area contributed by atoms with Crippen LogP contribution in [0.1, 0.15) is 36.7 Å². The predicted octanol–water partition coefficient (Wildman–Crippen LogP) is 3.60. The highest BCUT2D eigenvalue weighted by Crippen LogP contribution is 2.23. The molecule has 25 heavy (non-hydrogen) atoms. The molecular weight excluding hydrogens is 312 g/mol. The van der Waals surface area contributed by atoms with E-state index in [0.717, 1.165) is 24.6 Å². The number of amides is 1. The van der Waals surface area contributed by atoms with Gasteiger partial charge in [-0.3, -0.25) is 4.79 Å². The molecule has 1 aromatic heterocycles. The predicted molar refractivity (Wildman–Crippen MR) is 104 cm³/mol. The smallest absolute Gasteiger partial charge is 0.257 e. The van der Waals surface area contributed by atoms with Gasteiger partial charge in [0.2, 0.25) is 0 Å². The highest BCUT2D eigenvalue weighted by atomic mass is 16.1. The summed E-state index contributed by atoms with van der Waals surface area (Å²) in [7, 11) is 4.05. The Balaban J connectivity index is 1.94. The molecule has 2 rings (SSSR count). The Morgan fingerprint density at radius 3 is 2.28 bits per heavy atom. The van der Waals surface area contributed by atoms with Crippen LogP contribution in [0, 0.1) is 0 Å². The van der Waals surface area contributed by atoms with Crippen molar-refractivity contribution in [2.45, 2.75) is 26.2 Å². The number of carbonyl (C=O) groups excluding carboxylic acids is 1. The first kappa shape index (κ1) is 18.9. The Labute approximate surface area is 150 Å². The molecule has 0 saturated carbocycles. The lowest BCUT2D eigenvalue weighted by Gasteiger charge is -2.19. The molecule has 0 spiro atoms. The van der Waals surface area contributed by atoms with Gasteiger partial charge in [-0.2, -0.15) is 0 Å². The first-order chi connectivity index (χ1) is 11.8. The van der Waals surface area contributed by atoms with Gasteiger partial charge in [0.25, 0.3) is 5.91 Å². The number of nitrogens with one attached hydrogen (secondary N) is 2. The number of hydrogen-bond donors (Lipinski definition) is 2. The molecular formula is C20H28N4O. The van der Waals surface area contributed by atoms with Crippen LogP contribution in [0.4, 0.5) is 11.5 Å². The second-order valence-corrected chi connectivity index (χ2v) is 7.44. The molecule has 134 valence electrons. The minimum absolute atomic E-state index is 0.0991. The van der Waals surface area contributed by atoms with Crippen LogP contribution in [0.2, 0.25) is 0 Å². The number of hydrogen-bond acceptors (Lipinski definition) is 4. The van der Waals surface area contributed by atoms with Crippen LogP contribution in [0.5, 0.6) is 0 Å². The van der Waals surface area contributed by atoms with Crippen molar-refractivity contribution in [3.05, 3.63) is 53.7 Å². The van der Waals surface area contributed by atoms with Crippen LogP contribution < -0.4 is 10.6 Å². The van der Waals surface area contributed by atoms with Crippen LogP contribution in [-0.4, -0.2) is 43.0 Å². The van der Waals surface area contributed by atoms with E-state index in [-0.39, 0.29) is 11.3 Å². The Morgan fingerprint density at radius 2 is 1.76 bits per heavy atom. The molecule has 0 saturated heterocycles. The van der Waals surface area contributed by atoms with Gasteiger partial charge in [-0.1, -0.05) is 32.9 Å². The molecule has 0 unspecified atom stereocenters. The third kappa shape index (κ3) is 5.87. The number of benzene rings is 1. The highest BCUT2D eigenvalue weighted by Gasteiger charge is 2.13. The monoisotopic (exact) mass is 340 g/mol. The summed E-state index contributed by atoms with van der Waals surface area (Å²) in [6.45, 7) is 8.24. The van der Waals surface area contributed by atoms with Crippen LogP contribution in [0.15, 0.2) is 42.6 Å². The maximum absolute atomic E-state index is 12.3. The van der Waals surface area contributed by atoms with Crippen molar-refractivity contribution in [2.75, 3.05) is 37.8 Å². The molecule has 0 bridgehead atoms. The number of nitrogens with zero attached hydrogens (tertiary/aromatic N) is 2. The summed E-state index contributed by atoms with van der Waals surface area (Å²) >= 11 is 0. The van der Waals surface area contributed by atoms with E-state index in [1.807, 2.05) is 44.4 Å². The van der Waals surface area contributed by atoms with E-state index in [4.69, 9.17) is 0 Å². The molecule has 2 aromatic rings. The molecule has 1 amide bonds. The van der Waals surface area contributed by atoms with E-state index in [1.165, 1.54) is 5.56 Å². The summed E-state index contributed by atoms with van der Waals surface area (Å²) in [5, 5.41) is 6.14. The van der Waals surface area contributed by atoms with Crippen molar-refractivity contribution in [1.82, 2.24) is 9.88 Å². The maximum Gasteiger partial charge on any atom is 0.257 e. The summed E-state index contributed by atoms with van der Waals surface area (Å²) in [5.74, 6) is 0.615. The quantitative estimate of drug-likeness (QED) is 0.843. The molecule has 5 nitrogen and oxygen atoms in total. The summed E-state index contributed by atoms with van der Waals surface area (Å²) in [6, 6.07) is 11.6. The molecule has 0 radical (unpaired) electrons. The summed E-state index contributed by atoms with van der Waals surface area (Å²) in [4.78, 5) is 18.7. The van der Waals surface area contributed by atoms with Gasteiger partial charge in [0.15, 0.2) is 0 Å². The lowest BCUT2D eigenvalue weighted by molar-refractivity contribution is 0.102. The lowest BCUT2D eigenvalue weighted by atomic mass is 9.87. The number of anilines is 2. The van der Waals surface area contributed by atoms with Gasteiger partial charge < -0.3 is 15.5 Å². The van der Waals surface area contributed by atoms with Crippen molar-refractivity contribution < 1.29 is 4.79 Å². The average Bonchev–Trinajstić information content (AvgIpc) is 2.55. The number of aromatic nitrogens is 1. The van der Waals surface area contributed by atoms with Crippen LogP contribution in [-0.2, 0) is 5.41 Å². The van der Waals surface area contributed by atoms with Crippen molar-refractivity contribution in [1.29, 1.82) is 0 Å². The van der Waals surface area contributed by atoms with E-state index in [0.29, 0.717) is 5.56 Å². The maximum atomic E-state index is 12.3. The molecule has 1 heterocycles. The number of rotatable bonds is 6. The van der Waals surface area contributed by atoms with Crippen molar-refractivity contribution >= 4 is 17.4 Å². The van der Waals surface area contributed by atoms with Gasteiger partial charge in [-0.15, -0.1) is 0 Å². The molecule has 0 aliphatic carbocycles. The SMILES string of the molecule is CN(C)CCNc1ccc(C(=O)Nc2ccc(C(C)(C)C)cc2)cn1. The molecule has 0 fully saturated rings. The molecule has 1 aromatic carbocycles. The zero-order valence-corrected chi connectivity index (χ0v) is 15.8. The normalized spacial score (nSPS) is 11.4. The van der Waals surface area contributed by atoms with Gasteiger partial charge in [0, 0.05) is 25.0 Å². The van der Waals surface area contributed by atoms with Gasteiger partial charge >= 0.3 is 0 Å². The van der Waals surface area contributed by atoms with E-state index in [2.05, 4.69) is 41.3 Å². The number of carbonyl (C=O) groups is 1. The fourth-order valence-corrected chi connectivity index (χ4v) is 2.30. The zero-order valence-electron chi connectivity index (χ0n) is 15.8. The fourth-order valence-electron chi connectivity index (χ4n) is 2.30. The molecule has 0 atom stereocenters.